The smallest absolute Gasteiger partial charge is 0.260 e. The SMILES string of the molecule is Cc1[nH]nc(S(=O)(=O)NCC2CCN(C)CC2)c1CN. The van der Waals surface area contributed by atoms with Crippen LogP contribution in [0.15, 0.2) is 5.03 Å². The first-order chi connectivity index (χ1) is 9.44. The number of H-pyrrole nitrogens is 1. The molecule has 1 fully saturated rings. The van der Waals surface area contributed by atoms with Gasteiger partial charge in [-0.25, -0.2) is 13.1 Å². The molecule has 1 saturated heterocycles. The van der Waals surface area contributed by atoms with Crippen LogP contribution in [0.1, 0.15) is 24.1 Å². The Morgan fingerprint density at radius 1 is 1.45 bits per heavy atom. The lowest BCUT2D eigenvalue weighted by molar-refractivity contribution is 0.220. The van der Waals surface area contributed by atoms with E-state index < -0.39 is 10.0 Å². The third-order valence-electron chi connectivity index (χ3n) is 3.89. The zero-order valence-corrected chi connectivity index (χ0v) is 12.8. The summed E-state index contributed by atoms with van der Waals surface area (Å²) in [6.45, 7) is 4.42. The topological polar surface area (TPSA) is 104 Å². The quantitative estimate of drug-likeness (QED) is 0.698. The molecule has 114 valence electrons. The molecule has 0 aromatic carbocycles. The Kier molecular flexibility index (Phi) is 4.79. The molecule has 0 atom stereocenters. The molecule has 8 heteroatoms. The van der Waals surface area contributed by atoms with E-state index in [1.165, 1.54) is 0 Å². The number of aromatic amines is 1. The van der Waals surface area contributed by atoms with Crippen LogP contribution in [0.2, 0.25) is 0 Å². The minimum atomic E-state index is -3.58. The zero-order valence-electron chi connectivity index (χ0n) is 12.0. The second-order valence-electron chi connectivity index (χ2n) is 5.43. The second kappa shape index (κ2) is 6.21. The van der Waals surface area contributed by atoms with E-state index >= 15 is 0 Å². The number of aromatic nitrogens is 2. The van der Waals surface area contributed by atoms with Gasteiger partial charge in [0.2, 0.25) is 0 Å². The van der Waals surface area contributed by atoms with Crippen LogP contribution < -0.4 is 10.5 Å². The third-order valence-corrected chi connectivity index (χ3v) is 5.29. The summed E-state index contributed by atoms with van der Waals surface area (Å²) < 4.78 is 27.2. The molecule has 4 N–H and O–H groups in total. The predicted octanol–water partition coefficient (Wildman–Crippen LogP) is -0.203. The van der Waals surface area contributed by atoms with Gasteiger partial charge in [0.05, 0.1) is 0 Å². The van der Waals surface area contributed by atoms with Gasteiger partial charge in [-0.3, -0.25) is 5.10 Å². The van der Waals surface area contributed by atoms with Crippen LogP contribution in [0.5, 0.6) is 0 Å². The average molecular weight is 301 g/mol. The molecular formula is C12H23N5O2S. The van der Waals surface area contributed by atoms with Gasteiger partial charge in [-0.05, 0) is 45.8 Å². The lowest BCUT2D eigenvalue weighted by Gasteiger charge is -2.28. The Morgan fingerprint density at radius 2 is 2.10 bits per heavy atom. The van der Waals surface area contributed by atoms with Crippen molar-refractivity contribution in [1.82, 2.24) is 19.8 Å². The van der Waals surface area contributed by atoms with Crippen LogP contribution in [0.3, 0.4) is 0 Å². The molecule has 0 unspecified atom stereocenters. The Morgan fingerprint density at radius 3 is 2.70 bits per heavy atom. The van der Waals surface area contributed by atoms with Crippen LogP contribution in [0, 0.1) is 12.8 Å². The number of sulfonamides is 1. The molecule has 7 nitrogen and oxygen atoms in total. The summed E-state index contributed by atoms with van der Waals surface area (Å²) in [6.07, 6.45) is 2.03. The van der Waals surface area contributed by atoms with Gasteiger partial charge in [-0.2, -0.15) is 5.10 Å². The molecule has 0 radical (unpaired) electrons. The highest BCUT2D eigenvalue weighted by Crippen LogP contribution is 2.18. The molecule has 20 heavy (non-hydrogen) atoms. The summed E-state index contributed by atoms with van der Waals surface area (Å²) in [5.41, 5.74) is 6.85. The first-order valence-electron chi connectivity index (χ1n) is 6.86. The van der Waals surface area contributed by atoms with E-state index in [-0.39, 0.29) is 11.6 Å². The Labute approximate surface area is 120 Å². The highest BCUT2D eigenvalue weighted by molar-refractivity contribution is 7.89. The van der Waals surface area contributed by atoms with Crippen LogP contribution in [-0.2, 0) is 16.6 Å². The fourth-order valence-electron chi connectivity index (χ4n) is 2.45. The number of nitrogens with two attached hydrogens (primary N) is 1. The van der Waals surface area contributed by atoms with Crippen LogP contribution in [0.25, 0.3) is 0 Å². The number of nitrogens with zero attached hydrogens (tertiary/aromatic N) is 2. The van der Waals surface area contributed by atoms with E-state index in [9.17, 15) is 8.42 Å². The van der Waals surface area contributed by atoms with Gasteiger partial charge in [-0.15, -0.1) is 0 Å². The monoisotopic (exact) mass is 301 g/mol. The standard InChI is InChI=1S/C12H23N5O2S/c1-9-11(7-13)12(16-15-9)20(18,19)14-8-10-3-5-17(2)6-4-10/h10,14H,3-8,13H2,1-2H3,(H,15,16). The van der Waals surface area contributed by atoms with E-state index in [1.54, 1.807) is 6.92 Å². The third kappa shape index (κ3) is 3.38. The number of piperidine rings is 1. The van der Waals surface area contributed by atoms with E-state index in [1.807, 2.05) is 0 Å². The second-order valence-corrected chi connectivity index (χ2v) is 7.12. The summed E-state index contributed by atoms with van der Waals surface area (Å²) >= 11 is 0. The highest BCUT2D eigenvalue weighted by atomic mass is 32.2. The molecule has 1 aliphatic heterocycles. The number of aryl methyl sites for hydroxylation is 1. The van der Waals surface area contributed by atoms with Gasteiger partial charge in [0.15, 0.2) is 5.03 Å². The number of likely N-dealkylation sites (tertiary alicyclic amines) is 1. The Bertz CT molecular complexity index is 546. The molecular weight excluding hydrogens is 278 g/mol. The molecule has 1 aromatic heterocycles. The maximum Gasteiger partial charge on any atom is 0.260 e. The number of rotatable bonds is 5. The molecule has 1 aliphatic rings. The van der Waals surface area contributed by atoms with Crippen molar-refractivity contribution in [3.63, 3.8) is 0 Å². The van der Waals surface area contributed by atoms with E-state index in [4.69, 9.17) is 5.73 Å². The average Bonchev–Trinajstić information content (AvgIpc) is 2.80. The fourth-order valence-corrected chi connectivity index (χ4v) is 3.77. The fraction of sp³-hybridized carbons (Fsp3) is 0.750. The summed E-state index contributed by atoms with van der Waals surface area (Å²) in [6, 6.07) is 0. The van der Waals surface area contributed by atoms with Crippen LogP contribution >= 0.6 is 0 Å². The molecule has 0 spiro atoms. The van der Waals surface area contributed by atoms with Gasteiger partial charge in [0.25, 0.3) is 10.0 Å². The van der Waals surface area contributed by atoms with Gasteiger partial charge >= 0.3 is 0 Å². The highest BCUT2D eigenvalue weighted by Gasteiger charge is 2.25. The van der Waals surface area contributed by atoms with Crippen LogP contribution in [0.4, 0.5) is 0 Å². The van der Waals surface area contributed by atoms with Crippen molar-refractivity contribution in [3.05, 3.63) is 11.3 Å². The Hall–Kier alpha value is -0.960. The van der Waals surface area contributed by atoms with E-state index in [0.717, 1.165) is 25.9 Å². The van der Waals surface area contributed by atoms with Gasteiger partial charge in [0, 0.05) is 24.3 Å². The van der Waals surface area contributed by atoms with Crippen molar-refractivity contribution < 1.29 is 8.42 Å². The molecule has 2 rings (SSSR count). The molecule has 2 heterocycles. The van der Waals surface area contributed by atoms with Gasteiger partial charge < -0.3 is 10.6 Å². The van der Waals surface area contributed by atoms with Gasteiger partial charge in [0.1, 0.15) is 0 Å². The molecule has 0 amide bonds. The van der Waals surface area contributed by atoms with Crippen molar-refractivity contribution in [1.29, 1.82) is 0 Å². The molecule has 0 saturated carbocycles. The maximum absolute atomic E-state index is 12.3. The van der Waals surface area contributed by atoms with Crippen molar-refractivity contribution in [3.8, 4) is 0 Å². The van der Waals surface area contributed by atoms with E-state index in [0.29, 0.717) is 23.7 Å². The lowest BCUT2D eigenvalue weighted by atomic mass is 9.98. The summed E-state index contributed by atoms with van der Waals surface area (Å²) in [5, 5.41) is 6.59. The first-order valence-corrected chi connectivity index (χ1v) is 8.34. The first kappa shape index (κ1) is 15.4. The van der Waals surface area contributed by atoms with Gasteiger partial charge in [-0.1, -0.05) is 0 Å². The molecule has 1 aromatic rings. The Balaban J connectivity index is 2.00. The summed E-state index contributed by atoms with van der Waals surface area (Å²) in [5.74, 6) is 0.391. The normalized spacial score (nSPS) is 18.6. The van der Waals surface area contributed by atoms with Crippen molar-refractivity contribution in [2.75, 3.05) is 26.7 Å². The number of hydrogen-bond donors (Lipinski definition) is 3. The van der Waals surface area contributed by atoms with Crippen molar-refractivity contribution in [2.45, 2.75) is 31.3 Å². The summed E-state index contributed by atoms with van der Waals surface area (Å²) in [4.78, 5) is 2.26. The maximum atomic E-state index is 12.3. The number of hydrogen-bond acceptors (Lipinski definition) is 5. The predicted molar refractivity (Wildman–Crippen MR) is 76.6 cm³/mol. The lowest BCUT2D eigenvalue weighted by Crippen LogP contribution is -2.37. The largest absolute Gasteiger partial charge is 0.326 e. The minimum Gasteiger partial charge on any atom is -0.326 e. The van der Waals surface area contributed by atoms with Crippen molar-refractivity contribution in [2.24, 2.45) is 11.7 Å². The minimum absolute atomic E-state index is 0.0328. The van der Waals surface area contributed by atoms with Crippen molar-refractivity contribution >= 4 is 10.0 Å². The van der Waals surface area contributed by atoms with Crippen LogP contribution in [-0.4, -0.2) is 50.2 Å². The van der Waals surface area contributed by atoms with E-state index in [2.05, 4.69) is 26.9 Å². The molecule has 0 bridgehead atoms. The summed E-state index contributed by atoms with van der Waals surface area (Å²) in [7, 11) is -1.50. The molecule has 0 aliphatic carbocycles. The number of nitrogens with one attached hydrogen (secondary N) is 2. The zero-order chi connectivity index (χ0) is 14.8.